The van der Waals surface area contributed by atoms with Gasteiger partial charge in [-0.25, -0.2) is 14.6 Å². The molecule has 0 radical (unpaired) electrons. The lowest BCUT2D eigenvalue weighted by molar-refractivity contribution is -0.150. The number of carboxylic acid groups (broad SMARTS) is 1. The van der Waals surface area contributed by atoms with E-state index in [4.69, 9.17) is 19.7 Å². The molecule has 1 aromatic heterocycles. The highest BCUT2D eigenvalue weighted by molar-refractivity contribution is 8.00. The van der Waals surface area contributed by atoms with Crippen molar-refractivity contribution in [3.8, 4) is 0 Å². The number of thiazole rings is 1. The first-order valence-corrected chi connectivity index (χ1v) is 24.7. The van der Waals surface area contributed by atoms with Crippen molar-refractivity contribution in [1.29, 1.82) is 0 Å². The number of ether oxygens (including phenoxy) is 1. The van der Waals surface area contributed by atoms with Gasteiger partial charge >= 0.3 is 12.1 Å². The Morgan fingerprint density at radius 3 is 1.61 bits per heavy atom. The number of amides is 3. The molecule has 4 heterocycles. The molecule has 13 nitrogen and oxygen atoms in total. The first kappa shape index (κ1) is 45.8. The monoisotopic (exact) mass is 966 g/mol. The van der Waals surface area contributed by atoms with Crippen LogP contribution in [0.15, 0.2) is 204 Å². The summed E-state index contributed by atoms with van der Waals surface area (Å²) in [6.45, 7) is 0.865. The fourth-order valence-electron chi connectivity index (χ4n) is 9.12. The van der Waals surface area contributed by atoms with Crippen molar-refractivity contribution in [1.82, 2.24) is 20.1 Å². The molecule has 6 aromatic carbocycles. The van der Waals surface area contributed by atoms with Crippen LogP contribution in [0.2, 0.25) is 0 Å². The molecule has 3 aliphatic heterocycles. The largest absolute Gasteiger partial charge is 0.477 e. The zero-order chi connectivity index (χ0) is 48.1. The lowest BCUT2D eigenvalue weighted by Gasteiger charge is -2.49. The third-order valence-corrected chi connectivity index (χ3v) is 14.8. The summed E-state index contributed by atoms with van der Waals surface area (Å²) >= 11 is 2.54. The summed E-state index contributed by atoms with van der Waals surface area (Å²) in [5.41, 5.74) is 2.68. The molecule has 0 saturated carbocycles. The van der Waals surface area contributed by atoms with E-state index >= 15 is 4.79 Å². The molecule has 3 amide bonds. The maximum atomic E-state index is 15.1. The third-order valence-electron chi connectivity index (χ3n) is 12.7. The van der Waals surface area contributed by atoms with Crippen LogP contribution in [0, 0.1) is 0 Å². The van der Waals surface area contributed by atoms with E-state index in [-0.39, 0.29) is 35.0 Å². The number of carboxylic acids is 1. The molecule has 10 rings (SSSR count). The molecule has 70 heavy (non-hydrogen) atoms. The molecule has 1 unspecified atom stereocenters. The average molecular weight is 967 g/mol. The number of nitrogens with zero attached hydrogens (tertiary/aromatic N) is 4. The molecule has 0 spiro atoms. The molecule has 350 valence electrons. The molecule has 2 fully saturated rings. The molecule has 3 aliphatic rings. The number of fused-ring (bicyclic) bond motifs is 1. The summed E-state index contributed by atoms with van der Waals surface area (Å²) in [7, 11) is 0. The smallest absolute Gasteiger partial charge is 0.410 e. The summed E-state index contributed by atoms with van der Waals surface area (Å²) in [5.74, 6) is -2.59. The zero-order valence-corrected chi connectivity index (χ0v) is 39.2. The van der Waals surface area contributed by atoms with Gasteiger partial charge in [0.15, 0.2) is 10.8 Å². The maximum Gasteiger partial charge on any atom is 0.410 e. The average Bonchev–Trinajstić information content (AvgIpc) is 3.86. The second-order valence-corrected chi connectivity index (χ2v) is 18.8. The number of oxime groups is 1. The number of thioether (sulfide) groups is 1. The third kappa shape index (κ3) is 8.58. The molecule has 0 bridgehead atoms. The number of carbonyl (C=O) groups is 4. The van der Waals surface area contributed by atoms with Gasteiger partial charge in [-0.1, -0.05) is 187 Å². The number of nitrogens with one attached hydrogen (secondary N) is 2. The molecule has 3 N–H and O–H groups in total. The molecular formula is C55H46N6O7S2. The van der Waals surface area contributed by atoms with Crippen molar-refractivity contribution >= 4 is 57.8 Å². The van der Waals surface area contributed by atoms with Crippen molar-refractivity contribution in [3.63, 3.8) is 0 Å². The van der Waals surface area contributed by atoms with E-state index in [1.54, 1.807) is 5.38 Å². The number of anilines is 1. The highest BCUT2D eigenvalue weighted by Crippen LogP contribution is 2.44. The van der Waals surface area contributed by atoms with Crippen LogP contribution in [0.1, 0.15) is 45.5 Å². The van der Waals surface area contributed by atoms with Crippen molar-refractivity contribution in [2.24, 2.45) is 5.16 Å². The molecule has 15 heteroatoms. The first-order chi connectivity index (χ1) is 34.3. The summed E-state index contributed by atoms with van der Waals surface area (Å²) in [6.07, 6.45) is 0.335. The Hall–Kier alpha value is -8.01. The molecule has 2 atom stereocenters. The number of hydrogen-bond acceptors (Lipinski definition) is 11. The van der Waals surface area contributed by atoms with Crippen LogP contribution in [0.4, 0.5) is 9.93 Å². The van der Waals surface area contributed by atoms with Crippen molar-refractivity contribution in [3.05, 3.63) is 238 Å². The van der Waals surface area contributed by atoms with Crippen LogP contribution in [0.3, 0.4) is 0 Å². The molecule has 0 aliphatic carbocycles. The first-order valence-electron chi connectivity index (χ1n) is 22.7. The number of hydrogen-bond donors (Lipinski definition) is 3. The minimum absolute atomic E-state index is 0.153. The topological polar surface area (TPSA) is 163 Å². The Morgan fingerprint density at radius 2 is 1.17 bits per heavy atom. The van der Waals surface area contributed by atoms with Crippen LogP contribution >= 0.6 is 23.1 Å². The van der Waals surface area contributed by atoms with Gasteiger partial charge in [-0.05, 0) is 23.1 Å². The van der Waals surface area contributed by atoms with Crippen LogP contribution in [0.25, 0.3) is 0 Å². The van der Waals surface area contributed by atoms with Crippen LogP contribution in [-0.4, -0.2) is 86.3 Å². The van der Waals surface area contributed by atoms with E-state index in [0.29, 0.717) is 18.2 Å². The van der Waals surface area contributed by atoms with E-state index in [1.165, 1.54) is 28.0 Å². The molecule has 2 saturated heterocycles. The van der Waals surface area contributed by atoms with Gasteiger partial charge in [0.05, 0.1) is 0 Å². The van der Waals surface area contributed by atoms with E-state index in [1.807, 2.05) is 146 Å². The predicted molar refractivity (Wildman–Crippen MR) is 269 cm³/mol. The summed E-state index contributed by atoms with van der Waals surface area (Å²) in [6, 6.07) is 57.8. The van der Waals surface area contributed by atoms with E-state index in [2.05, 4.69) is 47.0 Å². The van der Waals surface area contributed by atoms with Gasteiger partial charge in [0.1, 0.15) is 35.0 Å². The lowest BCUT2D eigenvalue weighted by Crippen LogP contribution is -2.71. The van der Waals surface area contributed by atoms with Gasteiger partial charge in [0.25, 0.3) is 11.8 Å². The van der Waals surface area contributed by atoms with E-state index in [9.17, 15) is 19.5 Å². The van der Waals surface area contributed by atoms with E-state index in [0.717, 1.165) is 44.7 Å². The maximum absolute atomic E-state index is 15.1. The van der Waals surface area contributed by atoms with Crippen LogP contribution < -0.4 is 10.6 Å². The Morgan fingerprint density at radius 1 is 0.700 bits per heavy atom. The van der Waals surface area contributed by atoms with Crippen LogP contribution in [0.5, 0.6) is 0 Å². The van der Waals surface area contributed by atoms with Crippen LogP contribution in [-0.2, 0) is 35.1 Å². The van der Waals surface area contributed by atoms with Crippen molar-refractivity contribution in [2.75, 3.05) is 30.8 Å². The standard InChI is InChI=1S/C55H46N6O7S2/c62-48(57-46-49(63)61-47(51(64)65)37(35-69-50(46)61)34-67-53(66)60-32-19-33-60)45(59-68-55(41-26-13-4-14-27-41,42-28-15-5-16-29-42)43-30-17-6-18-31-43)44-36-70-52(56-44)58-54(38-20-7-1-8-21-38,39-22-9-2-10-23-39)40-24-11-3-12-25-40/h1-18,20-31,36,46,50H,19,32-35H2,(H,56,58)(H,57,62)(H,64,65)/b59-45-/t46?,50-/m1/s1. The number of carbonyl (C=O) groups excluding carboxylic acids is 3. The van der Waals surface area contributed by atoms with Crippen molar-refractivity contribution < 1.29 is 33.9 Å². The van der Waals surface area contributed by atoms with Gasteiger partial charge in [-0.2, -0.15) is 0 Å². The summed E-state index contributed by atoms with van der Waals surface area (Å²) in [5, 5.41) is 23.2. The number of benzene rings is 6. The Kier molecular flexibility index (Phi) is 13.0. The van der Waals surface area contributed by atoms with Gasteiger partial charge in [-0.3, -0.25) is 14.5 Å². The van der Waals surface area contributed by atoms with E-state index < -0.39 is 46.4 Å². The van der Waals surface area contributed by atoms with Gasteiger partial charge in [0, 0.05) is 46.5 Å². The van der Waals surface area contributed by atoms with Gasteiger partial charge < -0.3 is 30.2 Å². The highest BCUT2D eigenvalue weighted by Gasteiger charge is 2.55. The number of likely N-dealkylation sites (tertiary alicyclic amines) is 1. The summed E-state index contributed by atoms with van der Waals surface area (Å²) in [4.78, 5) is 69.0. The Bertz CT molecular complexity index is 2870. The number of aliphatic carboxylic acids is 1. The summed E-state index contributed by atoms with van der Waals surface area (Å²) < 4.78 is 5.44. The Labute approximate surface area is 412 Å². The fourth-order valence-corrected chi connectivity index (χ4v) is 11.2. The molecular weight excluding hydrogens is 921 g/mol. The molecule has 7 aromatic rings. The second-order valence-electron chi connectivity index (χ2n) is 16.8. The number of β-lactam (4-membered cyclic amide) rings is 1. The van der Waals surface area contributed by atoms with Gasteiger partial charge in [0.2, 0.25) is 5.60 Å². The zero-order valence-electron chi connectivity index (χ0n) is 37.6. The van der Waals surface area contributed by atoms with Gasteiger partial charge in [-0.15, -0.1) is 23.1 Å². The normalized spacial score (nSPS) is 16.9. The predicted octanol–water partition coefficient (Wildman–Crippen LogP) is 8.84. The number of rotatable bonds is 16. The number of aromatic nitrogens is 1. The minimum Gasteiger partial charge on any atom is -0.477 e. The van der Waals surface area contributed by atoms with Crippen molar-refractivity contribution in [2.45, 2.75) is 29.0 Å². The quantitative estimate of drug-likeness (QED) is 0.0369. The SMILES string of the molecule is O=C(O)C1=C(COC(=O)N2CCC2)CS[C@@H]2C(NC(=O)/C(=N\OC(c3ccccc3)(c3ccccc3)c3ccccc3)c3csc(NC(c4ccccc4)(c4ccccc4)c4ccccc4)n3)C(=O)N12. The fraction of sp³-hybridized carbons (Fsp3) is 0.164. The highest BCUT2D eigenvalue weighted by atomic mass is 32.2. The lowest BCUT2D eigenvalue weighted by atomic mass is 9.77. The second kappa shape index (κ2) is 19.9. The Balaban J connectivity index is 1.05. The minimum atomic E-state index is -1.38.